The van der Waals surface area contributed by atoms with Crippen LogP contribution in [0.5, 0.6) is 0 Å². The molecule has 144 valence electrons. The Balaban J connectivity index is 1.57. The number of nitrogens with zero attached hydrogens (tertiary/aromatic N) is 1. The molecule has 6 nitrogen and oxygen atoms in total. The van der Waals surface area contributed by atoms with Crippen molar-refractivity contribution in [3.63, 3.8) is 0 Å². The van der Waals surface area contributed by atoms with Crippen LogP contribution in [0, 0.1) is 0 Å². The first kappa shape index (κ1) is 19.5. The topological polar surface area (TPSA) is 72.9 Å². The third kappa shape index (κ3) is 4.74. The number of rotatable bonds is 6. The molecule has 0 N–H and O–H groups in total. The average molecular weight is 389 g/mol. The maximum atomic E-state index is 12.8. The fourth-order valence-electron chi connectivity index (χ4n) is 3.06. The highest BCUT2D eigenvalue weighted by molar-refractivity contribution is 7.89. The van der Waals surface area contributed by atoms with Crippen molar-refractivity contribution >= 4 is 16.0 Å². The van der Waals surface area contributed by atoms with E-state index in [4.69, 9.17) is 4.74 Å². The van der Waals surface area contributed by atoms with E-state index in [0.29, 0.717) is 38.1 Å². The molecule has 2 aromatic carbocycles. The summed E-state index contributed by atoms with van der Waals surface area (Å²) in [5.41, 5.74) is 1.43. The first-order chi connectivity index (χ1) is 13.0. The van der Waals surface area contributed by atoms with Gasteiger partial charge in [0.05, 0.1) is 30.3 Å². The van der Waals surface area contributed by atoms with E-state index in [1.54, 1.807) is 0 Å². The van der Waals surface area contributed by atoms with Gasteiger partial charge in [0.1, 0.15) is 0 Å². The first-order valence-corrected chi connectivity index (χ1v) is 10.3. The molecule has 27 heavy (non-hydrogen) atoms. The maximum absolute atomic E-state index is 12.8. The Morgan fingerprint density at radius 3 is 2.26 bits per heavy atom. The molecule has 1 aliphatic rings. The van der Waals surface area contributed by atoms with E-state index in [1.807, 2.05) is 30.3 Å². The lowest BCUT2D eigenvalue weighted by atomic mass is 10.1. The number of esters is 1. The summed E-state index contributed by atoms with van der Waals surface area (Å²) in [6.07, 6.45) is 1.37. The minimum absolute atomic E-state index is 0.0540. The summed E-state index contributed by atoms with van der Waals surface area (Å²) in [4.78, 5) is 11.7. The predicted octanol–water partition coefficient (Wildman–Crippen LogP) is 2.84. The van der Waals surface area contributed by atoms with Crippen LogP contribution in [0.15, 0.2) is 59.5 Å². The third-order valence-corrected chi connectivity index (χ3v) is 6.56. The summed E-state index contributed by atoms with van der Waals surface area (Å²) in [5, 5.41) is 0. The van der Waals surface area contributed by atoms with Gasteiger partial charge in [0.15, 0.2) is 0 Å². The van der Waals surface area contributed by atoms with E-state index >= 15 is 0 Å². The number of benzene rings is 2. The Kier molecular flexibility index (Phi) is 6.26. The van der Waals surface area contributed by atoms with Gasteiger partial charge in [0, 0.05) is 13.1 Å². The van der Waals surface area contributed by atoms with Crippen molar-refractivity contribution in [1.82, 2.24) is 4.31 Å². The maximum Gasteiger partial charge on any atom is 0.337 e. The standard InChI is InChI=1S/C20H23NO5S/c1-25-20(22)17-7-9-19(10-8-17)27(23,24)21-13-11-18(12-14-21)26-15-16-5-3-2-4-6-16/h2-10,18H,11-15H2,1H3. The molecule has 1 aliphatic heterocycles. The van der Waals surface area contributed by atoms with Crippen LogP contribution in [0.1, 0.15) is 28.8 Å². The van der Waals surface area contributed by atoms with Crippen LogP contribution in [-0.2, 0) is 26.1 Å². The van der Waals surface area contributed by atoms with Gasteiger partial charge in [-0.1, -0.05) is 30.3 Å². The quantitative estimate of drug-likeness (QED) is 0.711. The van der Waals surface area contributed by atoms with Gasteiger partial charge in [-0.3, -0.25) is 0 Å². The van der Waals surface area contributed by atoms with Crippen molar-refractivity contribution in [3.8, 4) is 0 Å². The van der Waals surface area contributed by atoms with E-state index in [0.717, 1.165) is 5.56 Å². The highest BCUT2D eigenvalue weighted by Crippen LogP contribution is 2.23. The van der Waals surface area contributed by atoms with Crippen LogP contribution in [0.25, 0.3) is 0 Å². The van der Waals surface area contributed by atoms with Crippen LogP contribution < -0.4 is 0 Å². The van der Waals surface area contributed by atoms with Crippen molar-refractivity contribution in [3.05, 3.63) is 65.7 Å². The molecule has 1 fully saturated rings. The Hall–Kier alpha value is -2.22. The van der Waals surface area contributed by atoms with Crippen molar-refractivity contribution in [2.24, 2.45) is 0 Å². The molecule has 0 aromatic heterocycles. The largest absolute Gasteiger partial charge is 0.465 e. The van der Waals surface area contributed by atoms with Gasteiger partial charge in [-0.2, -0.15) is 4.31 Å². The first-order valence-electron chi connectivity index (χ1n) is 8.85. The molecule has 0 unspecified atom stereocenters. The Morgan fingerprint density at radius 2 is 1.67 bits per heavy atom. The van der Waals surface area contributed by atoms with Crippen molar-refractivity contribution < 1.29 is 22.7 Å². The van der Waals surface area contributed by atoms with Gasteiger partial charge in [-0.25, -0.2) is 13.2 Å². The van der Waals surface area contributed by atoms with E-state index in [2.05, 4.69) is 4.74 Å². The molecule has 0 amide bonds. The number of methoxy groups -OCH3 is 1. The lowest BCUT2D eigenvalue weighted by Gasteiger charge is -2.31. The molecule has 2 aromatic rings. The summed E-state index contributed by atoms with van der Waals surface area (Å²) in [6.45, 7) is 1.37. The number of hydrogen-bond donors (Lipinski definition) is 0. The van der Waals surface area contributed by atoms with E-state index < -0.39 is 16.0 Å². The molecule has 0 saturated carbocycles. The Labute approximate surface area is 159 Å². The minimum atomic E-state index is -3.58. The summed E-state index contributed by atoms with van der Waals surface area (Å²) in [5.74, 6) is -0.490. The van der Waals surface area contributed by atoms with E-state index in [1.165, 1.54) is 35.7 Å². The normalized spacial score (nSPS) is 16.2. The second-order valence-corrected chi connectivity index (χ2v) is 8.35. The number of sulfonamides is 1. The fourth-order valence-corrected chi connectivity index (χ4v) is 4.53. The van der Waals surface area contributed by atoms with E-state index in [9.17, 15) is 13.2 Å². The van der Waals surface area contributed by atoms with Crippen LogP contribution in [0.2, 0.25) is 0 Å². The average Bonchev–Trinajstić information content (AvgIpc) is 2.73. The second-order valence-electron chi connectivity index (χ2n) is 6.42. The number of carbonyl (C=O) groups is 1. The predicted molar refractivity (Wildman–Crippen MR) is 101 cm³/mol. The molecule has 0 spiro atoms. The van der Waals surface area contributed by atoms with Gasteiger partial charge in [-0.05, 0) is 42.7 Å². The molecule has 1 saturated heterocycles. The van der Waals surface area contributed by atoms with Crippen molar-refractivity contribution in [2.45, 2.75) is 30.4 Å². The molecular formula is C20H23NO5S. The van der Waals surface area contributed by atoms with E-state index in [-0.39, 0.29) is 11.0 Å². The number of ether oxygens (including phenoxy) is 2. The zero-order valence-corrected chi connectivity index (χ0v) is 16.0. The number of carbonyl (C=O) groups excluding carboxylic acids is 1. The van der Waals surface area contributed by atoms with Crippen LogP contribution >= 0.6 is 0 Å². The molecule has 1 heterocycles. The molecule has 7 heteroatoms. The summed E-state index contributed by atoms with van der Waals surface area (Å²) in [7, 11) is -2.29. The zero-order valence-electron chi connectivity index (χ0n) is 15.2. The van der Waals surface area contributed by atoms with Gasteiger partial charge in [0.2, 0.25) is 10.0 Å². The zero-order chi connectivity index (χ0) is 19.3. The SMILES string of the molecule is COC(=O)c1ccc(S(=O)(=O)N2CCC(OCc3ccccc3)CC2)cc1. The molecule has 0 radical (unpaired) electrons. The molecular weight excluding hydrogens is 366 g/mol. The van der Waals surface area contributed by atoms with Gasteiger partial charge in [-0.15, -0.1) is 0 Å². The van der Waals surface area contributed by atoms with Gasteiger partial charge >= 0.3 is 5.97 Å². The highest BCUT2D eigenvalue weighted by atomic mass is 32.2. The molecule has 0 bridgehead atoms. The molecule has 0 atom stereocenters. The lowest BCUT2D eigenvalue weighted by molar-refractivity contribution is 0.0102. The number of hydrogen-bond acceptors (Lipinski definition) is 5. The highest BCUT2D eigenvalue weighted by Gasteiger charge is 2.29. The van der Waals surface area contributed by atoms with Crippen molar-refractivity contribution in [2.75, 3.05) is 20.2 Å². The lowest BCUT2D eigenvalue weighted by Crippen LogP contribution is -2.40. The summed E-state index contributed by atoms with van der Waals surface area (Å²) < 4.78 is 37.6. The monoisotopic (exact) mass is 389 g/mol. The van der Waals surface area contributed by atoms with Gasteiger partial charge < -0.3 is 9.47 Å². The van der Waals surface area contributed by atoms with Gasteiger partial charge in [0.25, 0.3) is 0 Å². The fraction of sp³-hybridized carbons (Fsp3) is 0.350. The second kappa shape index (κ2) is 8.65. The summed E-state index contributed by atoms with van der Waals surface area (Å²) in [6, 6.07) is 15.8. The summed E-state index contributed by atoms with van der Waals surface area (Å²) >= 11 is 0. The Bertz CT molecular complexity index is 857. The van der Waals surface area contributed by atoms with Crippen LogP contribution in [0.3, 0.4) is 0 Å². The molecule has 3 rings (SSSR count). The van der Waals surface area contributed by atoms with Crippen LogP contribution in [-0.4, -0.2) is 45.0 Å². The number of piperidine rings is 1. The van der Waals surface area contributed by atoms with Crippen molar-refractivity contribution in [1.29, 1.82) is 0 Å². The van der Waals surface area contributed by atoms with Crippen LogP contribution in [0.4, 0.5) is 0 Å². The third-order valence-electron chi connectivity index (χ3n) is 4.64. The molecule has 0 aliphatic carbocycles. The Morgan fingerprint density at radius 1 is 1.04 bits per heavy atom. The minimum Gasteiger partial charge on any atom is -0.465 e. The smallest absolute Gasteiger partial charge is 0.337 e.